The molecule has 0 bridgehead atoms. The molecule has 0 atom stereocenters. The zero-order valence-electron chi connectivity index (χ0n) is 17.4. The third-order valence-corrected chi connectivity index (χ3v) is 6.90. The van der Waals surface area contributed by atoms with Gasteiger partial charge in [0.2, 0.25) is 11.8 Å². The lowest BCUT2D eigenvalue weighted by Crippen LogP contribution is -2.52. The van der Waals surface area contributed by atoms with Crippen LogP contribution in [0.15, 0.2) is 35.7 Å². The molecule has 1 aliphatic carbocycles. The maximum Gasteiger partial charge on any atom is 0.230 e. The van der Waals surface area contributed by atoms with Crippen LogP contribution in [0.1, 0.15) is 43.4 Å². The molecular weight excluding hydrogens is 396 g/mol. The average Bonchev–Trinajstić information content (AvgIpc) is 3.21. The highest BCUT2D eigenvalue weighted by Gasteiger charge is 2.27. The normalized spacial score (nSPS) is 18.3. The van der Waals surface area contributed by atoms with Crippen LogP contribution in [0, 0.1) is 0 Å². The predicted octanol–water partition coefficient (Wildman–Crippen LogP) is 3.34. The van der Waals surface area contributed by atoms with Gasteiger partial charge in [0, 0.05) is 37.6 Å². The monoisotopic (exact) mass is 426 g/mol. The largest absolute Gasteiger partial charge is 0.340 e. The topological polar surface area (TPSA) is 65.5 Å². The molecule has 160 valence electrons. The Morgan fingerprint density at radius 1 is 1.00 bits per heavy atom. The van der Waals surface area contributed by atoms with Crippen LogP contribution in [0.4, 0.5) is 5.13 Å². The smallest absolute Gasteiger partial charge is 0.230 e. The molecule has 2 aromatic rings. The number of nitrogens with one attached hydrogen (secondary N) is 1. The molecule has 1 saturated heterocycles. The van der Waals surface area contributed by atoms with Gasteiger partial charge < -0.3 is 10.2 Å². The zero-order chi connectivity index (χ0) is 20.8. The molecule has 0 spiro atoms. The summed E-state index contributed by atoms with van der Waals surface area (Å²) in [7, 11) is 0. The maximum atomic E-state index is 12.7. The van der Waals surface area contributed by atoms with E-state index in [-0.39, 0.29) is 11.8 Å². The molecule has 2 fully saturated rings. The number of hydrogen-bond donors (Lipinski definition) is 1. The Labute approximate surface area is 182 Å². The first-order chi connectivity index (χ1) is 14.7. The van der Waals surface area contributed by atoms with Gasteiger partial charge in [-0.2, -0.15) is 0 Å². The number of carbonyl (C=O) groups excluding carboxylic acids is 2. The van der Waals surface area contributed by atoms with Crippen molar-refractivity contribution in [2.24, 2.45) is 0 Å². The van der Waals surface area contributed by atoms with Gasteiger partial charge in [0.15, 0.2) is 5.13 Å². The number of aromatic nitrogens is 1. The van der Waals surface area contributed by atoms with Gasteiger partial charge in [-0.15, -0.1) is 11.3 Å². The van der Waals surface area contributed by atoms with Crippen molar-refractivity contribution in [3.05, 3.63) is 47.0 Å². The average molecular weight is 427 g/mol. The Kier molecular flexibility index (Phi) is 7.12. The molecule has 1 aromatic heterocycles. The number of carbonyl (C=O) groups is 2. The molecule has 2 amide bonds. The van der Waals surface area contributed by atoms with Crippen molar-refractivity contribution >= 4 is 28.3 Å². The van der Waals surface area contributed by atoms with E-state index >= 15 is 0 Å². The molecule has 1 aromatic carbocycles. The molecule has 2 aliphatic rings. The van der Waals surface area contributed by atoms with Crippen molar-refractivity contribution in [3.8, 4) is 0 Å². The molecular formula is C23H30N4O2S. The van der Waals surface area contributed by atoms with Crippen LogP contribution in [0.5, 0.6) is 0 Å². The number of hydrogen-bond acceptors (Lipinski definition) is 5. The highest BCUT2D eigenvalue weighted by atomic mass is 32.1. The summed E-state index contributed by atoms with van der Waals surface area (Å²) in [5.41, 5.74) is 1.70. The summed E-state index contributed by atoms with van der Waals surface area (Å²) in [5, 5.41) is 5.27. The van der Waals surface area contributed by atoms with E-state index in [9.17, 15) is 9.59 Å². The summed E-state index contributed by atoms with van der Waals surface area (Å²) in [4.78, 5) is 33.9. The van der Waals surface area contributed by atoms with Crippen LogP contribution in [-0.4, -0.2) is 58.8 Å². The van der Waals surface area contributed by atoms with Gasteiger partial charge in [0.25, 0.3) is 0 Å². The first-order valence-electron chi connectivity index (χ1n) is 11.0. The summed E-state index contributed by atoms with van der Waals surface area (Å²) in [6, 6.07) is 10.4. The van der Waals surface area contributed by atoms with E-state index in [1.807, 2.05) is 40.6 Å². The third kappa shape index (κ3) is 5.67. The van der Waals surface area contributed by atoms with Gasteiger partial charge in [-0.05, 0) is 18.4 Å². The fourth-order valence-corrected chi connectivity index (χ4v) is 5.17. The van der Waals surface area contributed by atoms with Crippen molar-refractivity contribution in [2.75, 3.05) is 31.5 Å². The highest BCUT2D eigenvalue weighted by Crippen LogP contribution is 2.24. The molecule has 1 saturated carbocycles. The lowest BCUT2D eigenvalue weighted by atomic mass is 9.94. The van der Waals surface area contributed by atoms with Crippen LogP contribution < -0.4 is 5.32 Å². The molecule has 2 heterocycles. The summed E-state index contributed by atoms with van der Waals surface area (Å²) >= 11 is 1.37. The Morgan fingerprint density at radius 2 is 1.73 bits per heavy atom. The number of benzene rings is 1. The highest BCUT2D eigenvalue weighted by molar-refractivity contribution is 7.13. The van der Waals surface area contributed by atoms with Crippen molar-refractivity contribution in [2.45, 2.75) is 51.0 Å². The van der Waals surface area contributed by atoms with Crippen LogP contribution in [0.25, 0.3) is 0 Å². The Hall–Kier alpha value is -2.25. The quantitative estimate of drug-likeness (QED) is 0.769. The SMILES string of the molecule is O=C(Cc1ccccc1)Nc1nc(CC(=O)N2CCN(C3CCCCC3)CC2)cs1. The van der Waals surface area contributed by atoms with E-state index in [4.69, 9.17) is 0 Å². The number of piperazine rings is 1. The molecule has 0 radical (unpaired) electrons. The van der Waals surface area contributed by atoms with Gasteiger partial charge in [-0.3, -0.25) is 14.5 Å². The Morgan fingerprint density at radius 3 is 2.47 bits per heavy atom. The predicted molar refractivity (Wildman–Crippen MR) is 120 cm³/mol. The van der Waals surface area contributed by atoms with Crippen molar-refractivity contribution in [1.82, 2.24) is 14.8 Å². The molecule has 1 aliphatic heterocycles. The summed E-state index contributed by atoms with van der Waals surface area (Å²) in [6.45, 7) is 3.57. The Balaban J connectivity index is 1.22. The van der Waals surface area contributed by atoms with E-state index in [1.165, 1.54) is 43.4 Å². The minimum Gasteiger partial charge on any atom is -0.340 e. The van der Waals surface area contributed by atoms with Crippen molar-refractivity contribution in [3.63, 3.8) is 0 Å². The second kappa shape index (κ2) is 10.2. The van der Waals surface area contributed by atoms with Gasteiger partial charge in [-0.25, -0.2) is 4.98 Å². The standard InChI is InChI=1S/C23H30N4O2S/c28-21(15-18-7-3-1-4-8-18)25-23-24-19(17-30-23)16-22(29)27-13-11-26(12-14-27)20-9-5-2-6-10-20/h1,3-4,7-8,17,20H,2,5-6,9-16H2,(H,24,25,28). The summed E-state index contributed by atoms with van der Waals surface area (Å²) < 4.78 is 0. The first kappa shape index (κ1) is 21.0. The number of amides is 2. The molecule has 4 rings (SSSR count). The fraction of sp³-hybridized carbons (Fsp3) is 0.522. The molecule has 6 nitrogen and oxygen atoms in total. The number of nitrogens with zero attached hydrogens (tertiary/aromatic N) is 3. The van der Waals surface area contributed by atoms with Gasteiger partial charge in [0.05, 0.1) is 18.5 Å². The second-order valence-electron chi connectivity index (χ2n) is 8.24. The fourth-order valence-electron chi connectivity index (χ4n) is 4.44. The summed E-state index contributed by atoms with van der Waals surface area (Å²) in [6.07, 6.45) is 7.30. The lowest BCUT2D eigenvalue weighted by Gasteiger charge is -2.40. The van der Waals surface area contributed by atoms with E-state index in [1.54, 1.807) is 0 Å². The Bertz CT molecular complexity index is 840. The van der Waals surface area contributed by atoms with Crippen LogP contribution in [0.3, 0.4) is 0 Å². The van der Waals surface area contributed by atoms with E-state index in [0.717, 1.165) is 43.5 Å². The van der Waals surface area contributed by atoms with E-state index in [2.05, 4.69) is 15.2 Å². The van der Waals surface area contributed by atoms with Gasteiger partial charge >= 0.3 is 0 Å². The van der Waals surface area contributed by atoms with Crippen molar-refractivity contribution < 1.29 is 9.59 Å². The van der Waals surface area contributed by atoms with Crippen LogP contribution in [-0.2, 0) is 22.4 Å². The minimum absolute atomic E-state index is 0.0905. The van der Waals surface area contributed by atoms with Gasteiger partial charge in [-0.1, -0.05) is 49.6 Å². The number of thiazole rings is 1. The molecule has 0 unspecified atom stereocenters. The maximum absolute atomic E-state index is 12.7. The molecule has 7 heteroatoms. The number of anilines is 1. The zero-order valence-corrected chi connectivity index (χ0v) is 18.2. The summed E-state index contributed by atoms with van der Waals surface area (Å²) in [5.74, 6) is 0.0398. The number of rotatable bonds is 6. The van der Waals surface area contributed by atoms with E-state index < -0.39 is 0 Å². The minimum atomic E-state index is -0.0905. The molecule has 30 heavy (non-hydrogen) atoms. The van der Waals surface area contributed by atoms with Crippen LogP contribution >= 0.6 is 11.3 Å². The lowest BCUT2D eigenvalue weighted by molar-refractivity contribution is -0.132. The van der Waals surface area contributed by atoms with Gasteiger partial charge in [0.1, 0.15) is 0 Å². The van der Waals surface area contributed by atoms with Crippen molar-refractivity contribution in [1.29, 1.82) is 0 Å². The van der Waals surface area contributed by atoms with Crippen LogP contribution in [0.2, 0.25) is 0 Å². The second-order valence-corrected chi connectivity index (χ2v) is 9.10. The molecule has 1 N–H and O–H groups in total. The third-order valence-electron chi connectivity index (χ3n) is 6.10. The van der Waals surface area contributed by atoms with E-state index in [0.29, 0.717) is 18.0 Å². The first-order valence-corrected chi connectivity index (χ1v) is 11.9.